The van der Waals surface area contributed by atoms with Crippen LogP contribution in [0.25, 0.3) is 0 Å². The number of amides is 1. The largest absolute Gasteiger partial charge is 0.383 e. The standard InChI is InChI=1S/C16H24N2O3S/c1-20-6-4-17-16(19)14-8-13-2-5-18(10-15(13)21-14)9-12-3-7-22-11-12/h3,7,11,13-15H,2,4-6,8-10H2,1H3,(H,17,19)/t13-,14+,15+/m0/s1. The van der Waals surface area contributed by atoms with E-state index in [-0.39, 0.29) is 18.1 Å². The number of carbonyl (C=O) groups is 1. The third kappa shape index (κ3) is 3.87. The van der Waals surface area contributed by atoms with Crippen LogP contribution in [0, 0.1) is 5.92 Å². The number of fused-ring (bicyclic) bond motifs is 1. The number of hydrogen-bond donors (Lipinski definition) is 1. The van der Waals surface area contributed by atoms with Crippen LogP contribution in [0.15, 0.2) is 16.8 Å². The van der Waals surface area contributed by atoms with Gasteiger partial charge in [-0.3, -0.25) is 9.69 Å². The van der Waals surface area contributed by atoms with Crippen molar-refractivity contribution in [2.45, 2.75) is 31.6 Å². The third-order valence-electron chi connectivity index (χ3n) is 4.52. The second kappa shape index (κ2) is 7.55. The predicted molar refractivity (Wildman–Crippen MR) is 85.9 cm³/mol. The molecule has 3 atom stereocenters. The highest BCUT2D eigenvalue weighted by molar-refractivity contribution is 7.07. The molecule has 2 aliphatic heterocycles. The van der Waals surface area contributed by atoms with Gasteiger partial charge in [-0.25, -0.2) is 0 Å². The van der Waals surface area contributed by atoms with E-state index >= 15 is 0 Å². The van der Waals surface area contributed by atoms with Gasteiger partial charge in [-0.15, -0.1) is 0 Å². The first-order valence-electron chi connectivity index (χ1n) is 7.92. The Morgan fingerprint density at radius 2 is 2.50 bits per heavy atom. The van der Waals surface area contributed by atoms with Crippen molar-refractivity contribution in [2.24, 2.45) is 5.92 Å². The molecule has 0 radical (unpaired) electrons. The molecule has 22 heavy (non-hydrogen) atoms. The summed E-state index contributed by atoms with van der Waals surface area (Å²) in [4.78, 5) is 14.5. The van der Waals surface area contributed by atoms with Crippen LogP contribution in [-0.2, 0) is 20.8 Å². The molecule has 0 aromatic carbocycles. The second-order valence-electron chi connectivity index (χ2n) is 6.10. The topological polar surface area (TPSA) is 50.8 Å². The van der Waals surface area contributed by atoms with E-state index in [2.05, 4.69) is 27.0 Å². The Labute approximate surface area is 135 Å². The van der Waals surface area contributed by atoms with E-state index in [0.717, 1.165) is 32.5 Å². The van der Waals surface area contributed by atoms with Crippen LogP contribution < -0.4 is 5.32 Å². The summed E-state index contributed by atoms with van der Waals surface area (Å²) in [6.07, 6.45) is 1.89. The van der Waals surface area contributed by atoms with E-state index in [9.17, 15) is 4.79 Å². The summed E-state index contributed by atoms with van der Waals surface area (Å²) < 4.78 is 11.0. The lowest BCUT2D eigenvalue weighted by Gasteiger charge is -2.33. The molecule has 2 aliphatic rings. The molecule has 0 bridgehead atoms. The van der Waals surface area contributed by atoms with Crippen LogP contribution >= 0.6 is 11.3 Å². The average Bonchev–Trinajstić information content (AvgIpc) is 3.16. The quantitative estimate of drug-likeness (QED) is 0.806. The predicted octanol–water partition coefficient (Wildman–Crippen LogP) is 1.49. The summed E-state index contributed by atoms with van der Waals surface area (Å²) in [6, 6.07) is 2.18. The van der Waals surface area contributed by atoms with Gasteiger partial charge in [0.1, 0.15) is 6.10 Å². The molecule has 1 amide bonds. The molecule has 2 saturated heterocycles. The van der Waals surface area contributed by atoms with Gasteiger partial charge in [0.25, 0.3) is 0 Å². The lowest BCUT2D eigenvalue weighted by atomic mass is 9.91. The molecule has 5 nitrogen and oxygen atoms in total. The maximum Gasteiger partial charge on any atom is 0.249 e. The fourth-order valence-electron chi connectivity index (χ4n) is 3.34. The van der Waals surface area contributed by atoms with Crippen molar-refractivity contribution in [1.29, 1.82) is 0 Å². The van der Waals surface area contributed by atoms with Crippen molar-refractivity contribution in [2.75, 3.05) is 33.4 Å². The van der Waals surface area contributed by atoms with Gasteiger partial charge in [0.05, 0.1) is 12.7 Å². The highest BCUT2D eigenvalue weighted by atomic mass is 32.1. The molecule has 0 unspecified atom stereocenters. The Morgan fingerprint density at radius 1 is 1.59 bits per heavy atom. The monoisotopic (exact) mass is 324 g/mol. The third-order valence-corrected chi connectivity index (χ3v) is 5.25. The highest BCUT2D eigenvalue weighted by Gasteiger charge is 2.41. The van der Waals surface area contributed by atoms with Gasteiger partial charge >= 0.3 is 0 Å². The van der Waals surface area contributed by atoms with Gasteiger partial charge < -0.3 is 14.8 Å². The zero-order valence-corrected chi connectivity index (χ0v) is 13.8. The normalized spacial score (nSPS) is 28.5. The summed E-state index contributed by atoms with van der Waals surface area (Å²) in [5.74, 6) is 0.535. The number of likely N-dealkylation sites (tertiary alicyclic amines) is 1. The fourth-order valence-corrected chi connectivity index (χ4v) is 4.00. The number of piperidine rings is 1. The minimum Gasteiger partial charge on any atom is -0.383 e. The van der Waals surface area contributed by atoms with Crippen molar-refractivity contribution in [3.8, 4) is 0 Å². The van der Waals surface area contributed by atoms with E-state index < -0.39 is 0 Å². The van der Waals surface area contributed by atoms with Crippen molar-refractivity contribution in [3.05, 3.63) is 22.4 Å². The first kappa shape index (κ1) is 15.9. The number of rotatable bonds is 6. The molecule has 1 aromatic heterocycles. The van der Waals surface area contributed by atoms with E-state index in [1.54, 1.807) is 18.4 Å². The van der Waals surface area contributed by atoms with Crippen LogP contribution in [0.5, 0.6) is 0 Å². The van der Waals surface area contributed by atoms with E-state index in [1.807, 2.05) is 0 Å². The van der Waals surface area contributed by atoms with Gasteiger partial charge in [-0.1, -0.05) is 0 Å². The second-order valence-corrected chi connectivity index (χ2v) is 6.88. The summed E-state index contributed by atoms with van der Waals surface area (Å²) >= 11 is 1.74. The number of ether oxygens (including phenoxy) is 2. The minimum absolute atomic E-state index is 0.0100. The molecular weight excluding hydrogens is 300 g/mol. The van der Waals surface area contributed by atoms with Gasteiger partial charge in [-0.2, -0.15) is 11.3 Å². The van der Waals surface area contributed by atoms with Crippen molar-refractivity contribution in [1.82, 2.24) is 10.2 Å². The number of methoxy groups -OCH3 is 1. The zero-order chi connectivity index (χ0) is 15.4. The summed E-state index contributed by atoms with van der Waals surface area (Å²) in [6.45, 7) is 4.11. The van der Waals surface area contributed by atoms with Crippen LogP contribution in [-0.4, -0.2) is 56.4 Å². The maximum absolute atomic E-state index is 12.1. The number of carbonyl (C=O) groups excluding carboxylic acids is 1. The van der Waals surface area contributed by atoms with Crippen molar-refractivity contribution in [3.63, 3.8) is 0 Å². The average molecular weight is 324 g/mol. The number of nitrogens with one attached hydrogen (secondary N) is 1. The molecule has 0 spiro atoms. The van der Waals surface area contributed by atoms with Crippen LogP contribution in [0.3, 0.4) is 0 Å². The van der Waals surface area contributed by atoms with Gasteiger partial charge in [0.15, 0.2) is 0 Å². The van der Waals surface area contributed by atoms with Crippen molar-refractivity contribution >= 4 is 17.2 Å². The number of nitrogens with zero attached hydrogens (tertiary/aromatic N) is 1. The van der Waals surface area contributed by atoms with Crippen molar-refractivity contribution < 1.29 is 14.3 Å². The SMILES string of the molecule is COCCNC(=O)[C@H]1C[C@@H]2CCN(Cc3ccsc3)C[C@H]2O1. The summed E-state index contributed by atoms with van der Waals surface area (Å²) in [5.41, 5.74) is 1.37. The molecular formula is C16H24N2O3S. The molecule has 6 heteroatoms. The van der Waals surface area contributed by atoms with Crippen LogP contribution in [0.2, 0.25) is 0 Å². The Morgan fingerprint density at radius 3 is 3.27 bits per heavy atom. The fraction of sp³-hybridized carbons (Fsp3) is 0.688. The van der Waals surface area contributed by atoms with Gasteiger partial charge in [-0.05, 0) is 47.7 Å². The summed E-state index contributed by atoms with van der Waals surface area (Å²) in [7, 11) is 1.63. The van der Waals surface area contributed by atoms with Gasteiger partial charge in [0, 0.05) is 26.7 Å². The smallest absolute Gasteiger partial charge is 0.249 e. The maximum atomic E-state index is 12.1. The van der Waals surface area contributed by atoms with E-state index in [4.69, 9.17) is 9.47 Å². The zero-order valence-electron chi connectivity index (χ0n) is 13.0. The first-order chi connectivity index (χ1) is 10.8. The van der Waals surface area contributed by atoms with Crippen LogP contribution in [0.1, 0.15) is 18.4 Å². The molecule has 1 aromatic rings. The van der Waals surface area contributed by atoms with Gasteiger partial charge in [0.2, 0.25) is 5.91 Å². The molecule has 122 valence electrons. The Kier molecular flexibility index (Phi) is 5.46. The Hall–Kier alpha value is -0.950. The highest BCUT2D eigenvalue weighted by Crippen LogP contribution is 2.33. The lowest BCUT2D eigenvalue weighted by Crippen LogP contribution is -2.42. The first-order valence-corrected chi connectivity index (χ1v) is 8.86. The molecule has 1 N–H and O–H groups in total. The summed E-state index contributed by atoms with van der Waals surface area (Å²) in [5, 5.41) is 7.20. The molecule has 0 aliphatic carbocycles. The Balaban J connectivity index is 1.47. The van der Waals surface area contributed by atoms with Crippen LogP contribution in [0.4, 0.5) is 0 Å². The minimum atomic E-state index is -0.284. The van der Waals surface area contributed by atoms with E-state index in [0.29, 0.717) is 19.1 Å². The number of hydrogen-bond acceptors (Lipinski definition) is 5. The lowest BCUT2D eigenvalue weighted by molar-refractivity contribution is -0.133. The number of thiophene rings is 1. The molecule has 0 saturated carbocycles. The van der Waals surface area contributed by atoms with E-state index in [1.165, 1.54) is 5.56 Å². The molecule has 3 rings (SSSR count). The molecule has 3 heterocycles. The molecule has 2 fully saturated rings. The Bertz CT molecular complexity index is 480.